The molecule has 0 saturated carbocycles. The zero-order valence-corrected chi connectivity index (χ0v) is 15.6. The molecule has 2 aromatic carbocycles. The molecule has 0 aliphatic rings. The van der Waals surface area contributed by atoms with Crippen molar-refractivity contribution < 1.29 is 10.0 Å². The zero-order chi connectivity index (χ0) is 19.4. The van der Waals surface area contributed by atoms with Crippen LogP contribution in [0.3, 0.4) is 0 Å². The van der Waals surface area contributed by atoms with Crippen molar-refractivity contribution in [3.8, 4) is 5.75 Å². The molecule has 3 rings (SSSR count). The number of hydrogen-bond donors (Lipinski definition) is 1. The second kappa shape index (κ2) is 8.18. The van der Waals surface area contributed by atoms with Crippen molar-refractivity contribution in [3.63, 3.8) is 0 Å². The molecule has 0 amide bonds. The van der Waals surface area contributed by atoms with Crippen molar-refractivity contribution in [1.29, 1.82) is 0 Å². The van der Waals surface area contributed by atoms with Crippen LogP contribution in [-0.2, 0) is 13.0 Å². The molecule has 0 spiro atoms. The number of rotatable bonds is 8. The topological polar surface area (TPSA) is 84.4 Å². The van der Waals surface area contributed by atoms with Gasteiger partial charge in [-0.15, -0.1) is 0 Å². The Hall–Kier alpha value is -2.93. The highest BCUT2D eigenvalue weighted by molar-refractivity contribution is 5.78. The van der Waals surface area contributed by atoms with Crippen LogP contribution in [0.4, 0.5) is 5.69 Å². The first-order chi connectivity index (χ1) is 13.0. The first kappa shape index (κ1) is 18.8. The lowest BCUT2D eigenvalue weighted by molar-refractivity contribution is -0.384. The highest BCUT2D eigenvalue weighted by Crippen LogP contribution is 2.24. The van der Waals surface area contributed by atoms with E-state index in [2.05, 4.69) is 28.3 Å². The third-order valence-corrected chi connectivity index (χ3v) is 4.85. The lowest BCUT2D eigenvalue weighted by Crippen LogP contribution is -2.27. The number of nitro benzene ring substituents is 1. The third kappa shape index (κ3) is 4.25. The van der Waals surface area contributed by atoms with Crippen molar-refractivity contribution in [2.75, 3.05) is 19.6 Å². The van der Waals surface area contributed by atoms with Crippen LogP contribution in [-0.4, -0.2) is 44.1 Å². The number of imidazole rings is 1. The average molecular weight is 368 g/mol. The third-order valence-electron chi connectivity index (χ3n) is 4.85. The predicted octanol–water partition coefficient (Wildman–Crippen LogP) is 3.58. The molecule has 7 nitrogen and oxygen atoms in total. The number of phenols is 1. The van der Waals surface area contributed by atoms with Crippen LogP contribution < -0.4 is 0 Å². The Balaban J connectivity index is 1.98. The summed E-state index contributed by atoms with van der Waals surface area (Å²) in [5.74, 6) is 1.09. The summed E-state index contributed by atoms with van der Waals surface area (Å²) >= 11 is 0. The monoisotopic (exact) mass is 368 g/mol. The first-order valence-corrected chi connectivity index (χ1v) is 9.15. The summed E-state index contributed by atoms with van der Waals surface area (Å²) in [4.78, 5) is 17.7. The highest BCUT2D eigenvalue weighted by atomic mass is 16.6. The molecule has 1 heterocycles. The number of aromatic hydroxyl groups is 1. The second-order valence-corrected chi connectivity index (χ2v) is 6.48. The number of hydrogen-bond acceptors (Lipinski definition) is 5. The van der Waals surface area contributed by atoms with Gasteiger partial charge in [0.05, 0.1) is 16.0 Å². The average Bonchev–Trinajstić information content (AvgIpc) is 3.00. The number of likely N-dealkylation sites (N-methyl/N-ethyl adjacent to an activating group) is 1. The zero-order valence-electron chi connectivity index (χ0n) is 15.6. The summed E-state index contributed by atoms with van der Waals surface area (Å²) in [5.41, 5.74) is 2.62. The van der Waals surface area contributed by atoms with Gasteiger partial charge >= 0.3 is 0 Å². The molecule has 7 heteroatoms. The Morgan fingerprint density at radius 3 is 2.48 bits per heavy atom. The minimum absolute atomic E-state index is 0.0482. The van der Waals surface area contributed by atoms with E-state index >= 15 is 0 Å². The molecule has 0 radical (unpaired) electrons. The Labute approximate surface area is 158 Å². The fraction of sp³-hybridized carbons (Fsp3) is 0.350. The SMILES string of the molecule is CCN(CC)CCn1c(Cc2ccc(O)cc2)nc2cc([N+](=O)[O-])ccc21. The minimum Gasteiger partial charge on any atom is -0.508 e. The van der Waals surface area contributed by atoms with Gasteiger partial charge in [-0.2, -0.15) is 0 Å². The maximum atomic E-state index is 11.1. The summed E-state index contributed by atoms with van der Waals surface area (Å²) in [7, 11) is 0. The molecule has 0 fully saturated rings. The quantitative estimate of drug-likeness (QED) is 0.485. The smallest absolute Gasteiger partial charge is 0.271 e. The number of phenolic OH excluding ortho intramolecular Hbond substituents is 1. The number of benzene rings is 2. The first-order valence-electron chi connectivity index (χ1n) is 9.15. The molecule has 0 saturated heterocycles. The van der Waals surface area contributed by atoms with E-state index < -0.39 is 4.92 Å². The van der Waals surface area contributed by atoms with Gasteiger partial charge < -0.3 is 14.6 Å². The summed E-state index contributed by atoms with van der Waals surface area (Å²) in [6, 6.07) is 11.9. The molecular formula is C20H24N4O3. The highest BCUT2D eigenvalue weighted by Gasteiger charge is 2.15. The largest absolute Gasteiger partial charge is 0.508 e. The van der Waals surface area contributed by atoms with Crippen molar-refractivity contribution >= 4 is 16.7 Å². The number of nitrogens with zero attached hydrogens (tertiary/aromatic N) is 4. The van der Waals surface area contributed by atoms with Crippen LogP contribution in [0.15, 0.2) is 42.5 Å². The van der Waals surface area contributed by atoms with Crippen molar-refractivity contribution in [2.24, 2.45) is 0 Å². The van der Waals surface area contributed by atoms with Crippen LogP contribution >= 0.6 is 0 Å². The fourth-order valence-electron chi connectivity index (χ4n) is 3.24. The van der Waals surface area contributed by atoms with Gasteiger partial charge in [-0.25, -0.2) is 4.98 Å². The van der Waals surface area contributed by atoms with Crippen LogP contribution in [0.25, 0.3) is 11.0 Å². The normalized spacial score (nSPS) is 11.4. The molecule has 1 aromatic heterocycles. The van der Waals surface area contributed by atoms with E-state index in [0.717, 1.165) is 43.1 Å². The van der Waals surface area contributed by atoms with Crippen LogP contribution in [0.5, 0.6) is 5.75 Å². The van der Waals surface area contributed by atoms with Gasteiger partial charge in [0.25, 0.3) is 5.69 Å². The summed E-state index contributed by atoms with van der Waals surface area (Å²) in [6.07, 6.45) is 0.598. The van der Waals surface area contributed by atoms with E-state index in [9.17, 15) is 15.2 Å². The number of non-ortho nitro benzene ring substituents is 1. The van der Waals surface area contributed by atoms with Crippen molar-refractivity contribution in [3.05, 3.63) is 64.0 Å². The van der Waals surface area contributed by atoms with E-state index in [1.54, 1.807) is 18.2 Å². The van der Waals surface area contributed by atoms with Gasteiger partial charge in [0, 0.05) is 31.6 Å². The minimum atomic E-state index is -0.395. The summed E-state index contributed by atoms with van der Waals surface area (Å²) < 4.78 is 2.14. The van der Waals surface area contributed by atoms with E-state index in [-0.39, 0.29) is 11.4 Å². The maximum absolute atomic E-state index is 11.1. The second-order valence-electron chi connectivity index (χ2n) is 6.48. The van der Waals surface area contributed by atoms with Crippen molar-refractivity contribution in [1.82, 2.24) is 14.5 Å². The van der Waals surface area contributed by atoms with E-state index in [1.807, 2.05) is 12.1 Å². The van der Waals surface area contributed by atoms with E-state index in [0.29, 0.717) is 11.9 Å². The molecule has 0 aliphatic heterocycles. The van der Waals surface area contributed by atoms with Gasteiger partial charge in [0.1, 0.15) is 11.6 Å². The molecule has 142 valence electrons. The lowest BCUT2D eigenvalue weighted by Gasteiger charge is -2.19. The standard InChI is InChI=1S/C20H24N4O3/c1-3-22(4-2)11-12-23-19-10-7-16(24(26)27)14-18(19)21-20(23)13-15-5-8-17(25)9-6-15/h5-10,14,25H,3-4,11-13H2,1-2H3. The summed E-state index contributed by atoms with van der Waals surface area (Å²) in [6.45, 7) is 7.87. The van der Waals surface area contributed by atoms with Crippen molar-refractivity contribution in [2.45, 2.75) is 26.8 Å². The van der Waals surface area contributed by atoms with Gasteiger partial charge in [-0.3, -0.25) is 10.1 Å². The number of fused-ring (bicyclic) bond motifs is 1. The molecule has 1 N–H and O–H groups in total. The fourth-order valence-corrected chi connectivity index (χ4v) is 3.24. The van der Waals surface area contributed by atoms with Gasteiger partial charge in [0.2, 0.25) is 0 Å². The Morgan fingerprint density at radius 1 is 1.15 bits per heavy atom. The molecule has 3 aromatic rings. The van der Waals surface area contributed by atoms with Gasteiger partial charge in [0.15, 0.2) is 0 Å². The Kier molecular flexibility index (Phi) is 5.71. The van der Waals surface area contributed by atoms with Crippen LogP contribution in [0, 0.1) is 10.1 Å². The molecule has 0 bridgehead atoms. The molecular weight excluding hydrogens is 344 g/mol. The Morgan fingerprint density at radius 2 is 1.85 bits per heavy atom. The number of aromatic nitrogens is 2. The van der Waals surface area contributed by atoms with Crippen LogP contribution in [0.1, 0.15) is 25.2 Å². The number of nitro groups is 1. The molecule has 0 unspecified atom stereocenters. The molecule has 0 atom stereocenters. The van der Waals surface area contributed by atoms with E-state index in [1.165, 1.54) is 12.1 Å². The molecule has 27 heavy (non-hydrogen) atoms. The maximum Gasteiger partial charge on any atom is 0.271 e. The van der Waals surface area contributed by atoms with Gasteiger partial charge in [-0.1, -0.05) is 26.0 Å². The summed E-state index contributed by atoms with van der Waals surface area (Å²) in [5, 5.41) is 20.6. The predicted molar refractivity (Wildman–Crippen MR) is 105 cm³/mol. The molecule has 0 aliphatic carbocycles. The lowest BCUT2D eigenvalue weighted by atomic mass is 10.1. The Bertz CT molecular complexity index is 930. The van der Waals surface area contributed by atoms with Gasteiger partial charge in [-0.05, 0) is 36.9 Å². The van der Waals surface area contributed by atoms with Crippen LogP contribution in [0.2, 0.25) is 0 Å². The van der Waals surface area contributed by atoms with E-state index in [4.69, 9.17) is 0 Å².